The maximum absolute atomic E-state index is 12.3. The molecule has 0 radical (unpaired) electrons. The number of nitrogens with zero attached hydrogens (tertiary/aromatic N) is 2. The van der Waals surface area contributed by atoms with Crippen molar-refractivity contribution in [2.75, 3.05) is 5.32 Å². The maximum Gasteiger partial charge on any atom is 0.335 e. The van der Waals surface area contributed by atoms with Crippen molar-refractivity contribution in [2.45, 2.75) is 38.5 Å². The van der Waals surface area contributed by atoms with Gasteiger partial charge in [0.25, 0.3) is 5.91 Å². The van der Waals surface area contributed by atoms with Gasteiger partial charge in [-0.05, 0) is 43.5 Å². The van der Waals surface area contributed by atoms with Gasteiger partial charge in [0, 0.05) is 11.0 Å². The van der Waals surface area contributed by atoms with E-state index in [1.165, 1.54) is 24.3 Å². The standard InChI is InChI=1S/C18H19N3O3/c1-18(2)9-3-4-13-15(18)20-14(10-19-13)21-16(22)11-5-7-12(8-6-11)17(23)24/h5-8,10H,3-4,9H2,1-2H3,(H,23,24)(H,20,21,22). The van der Waals surface area contributed by atoms with Crippen LogP contribution in [0.1, 0.15) is 58.8 Å². The number of carboxylic acid groups (broad SMARTS) is 1. The van der Waals surface area contributed by atoms with Crippen LogP contribution >= 0.6 is 0 Å². The number of nitrogens with one attached hydrogen (secondary N) is 1. The summed E-state index contributed by atoms with van der Waals surface area (Å²) in [7, 11) is 0. The van der Waals surface area contributed by atoms with Gasteiger partial charge in [-0.15, -0.1) is 0 Å². The molecule has 0 aliphatic heterocycles. The number of aromatic nitrogens is 2. The fourth-order valence-electron chi connectivity index (χ4n) is 2.97. The molecule has 0 saturated heterocycles. The first-order valence-corrected chi connectivity index (χ1v) is 7.88. The molecule has 6 heteroatoms. The van der Waals surface area contributed by atoms with Gasteiger partial charge in [0.05, 0.1) is 23.1 Å². The number of rotatable bonds is 3. The quantitative estimate of drug-likeness (QED) is 0.905. The second-order valence-electron chi connectivity index (χ2n) is 6.62. The van der Waals surface area contributed by atoms with Crippen LogP contribution in [0, 0.1) is 0 Å². The Kier molecular flexibility index (Phi) is 4.05. The van der Waals surface area contributed by atoms with Gasteiger partial charge in [-0.1, -0.05) is 13.8 Å². The van der Waals surface area contributed by atoms with Crippen molar-refractivity contribution >= 4 is 17.7 Å². The van der Waals surface area contributed by atoms with E-state index >= 15 is 0 Å². The summed E-state index contributed by atoms with van der Waals surface area (Å²) in [6.07, 6.45) is 4.62. The first kappa shape index (κ1) is 16.1. The molecule has 1 aromatic carbocycles. The highest BCUT2D eigenvalue weighted by Gasteiger charge is 2.30. The predicted octanol–water partition coefficient (Wildman–Crippen LogP) is 3.04. The van der Waals surface area contributed by atoms with Crippen molar-refractivity contribution < 1.29 is 14.7 Å². The third-order valence-electron chi connectivity index (χ3n) is 4.34. The summed E-state index contributed by atoms with van der Waals surface area (Å²) < 4.78 is 0. The van der Waals surface area contributed by atoms with Crippen molar-refractivity contribution in [1.82, 2.24) is 9.97 Å². The molecule has 6 nitrogen and oxygen atoms in total. The average molecular weight is 325 g/mol. The number of hydrogen-bond acceptors (Lipinski definition) is 4. The van der Waals surface area contributed by atoms with Crippen molar-refractivity contribution in [3.63, 3.8) is 0 Å². The molecule has 1 amide bonds. The van der Waals surface area contributed by atoms with Crippen molar-refractivity contribution in [1.29, 1.82) is 0 Å². The molecule has 1 aliphatic carbocycles. The zero-order chi connectivity index (χ0) is 17.3. The lowest BCUT2D eigenvalue weighted by Crippen LogP contribution is -2.27. The second kappa shape index (κ2) is 6.03. The van der Waals surface area contributed by atoms with Crippen LogP contribution < -0.4 is 5.32 Å². The number of anilines is 1. The Hall–Kier alpha value is -2.76. The third kappa shape index (κ3) is 3.13. The predicted molar refractivity (Wildman–Crippen MR) is 89.4 cm³/mol. The molecule has 2 N–H and O–H groups in total. The molecule has 1 aromatic heterocycles. The summed E-state index contributed by atoms with van der Waals surface area (Å²) >= 11 is 0. The van der Waals surface area contributed by atoms with Gasteiger partial charge in [0.2, 0.25) is 0 Å². The van der Waals surface area contributed by atoms with Gasteiger partial charge in [-0.2, -0.15) is 0 Å². The van der Waals surface area contributed by atoms with E-state index in [2.05, 4.69) is 29.1 Å². The third-order valence-corrected chi connectivity index (χ3v) is 4.34. The highest BCUT2D eigenvalue weighted by molar-refractivity contribution is 6.04. The van der Waals surface area contributed by atoms with Gasteiger partial charge < -0.3 is 10.4 Å². The fraction of sp³-hybridized carbons (Fsp3) is 0.333. The van der Waals surface area contributed by atoms with Crippen molar-refractivity contribution in [3.8, 4) is 0 Å². The summed E-state index contributed by atoms with van der Waals surface area (Å²) in [6.45, 7) is 4.27. The molecule has 2 aromatic rings. The fourth-order valence-corrected chi connectivity index (χ4v) is 2.97. The Morgan fingerprint density at radius 1 is 1.17 bits per heavy atom. The first-order valence-electron chi connectivity index (χ1n) is 7.88. The number of carbonyl (C=O) groups is 2. The molecule has 0 saturated carbocycles. The summed E-state index contributed by atoms with van der Waals surface area (Å²) in [4.78, 5) is 32.2. The lowest BCUT2D eigenvalue weighted by atomic mass is 9.78. The zero-order valence-corrected chi connectivity index (χ0v) is 13.7. The number of carbonyl (C=O) groups excluding carboxylic acids is 1. The normalized spacial score (nSPS) is 15.4. The van der Waals surface area contributed by atoms with Gasteiger partial charge >= 0.3 is 5.97 Å². The Morgan fingerprint density at radius 3 is 2.50 bits per heavy atom. The molecule has 124 valence electrons. The zero-order valence-electron chi connectivity index (χ0n) is 13.7. The van der Waals surface area contributed by atoms with E-state index in [-0.39, 0.29) is 16.9 Å². The lowest BCUT2D eigenvalue weighted by Gasteiger charge is -2.30. The largest absolute Gasteiger partial charge is 0.478 e. The highest BCUT2D eigenvalue weighted by atomic mass is 16.4. The van der Waals surface area contributed by atoms with Crippen LogP contribution in [0.4, 0.5) is 5.82 Å². The molecule has 1 aliphatic rings. The SMILES string of the molecule is CC1(C)CCCc2ncc(NC(=O)c3ccc(C(=O)O)cc3)nc21. The molecule has 1 heterocycles. The van der Waals surface area contributed by atoms with Crippen molar-refractivity contribution in [3.05, 3.63) is 53.0 Å². The summed E-state index contributed by atoms with van der Waals surface area (Å²) in [5.74, 6) is -0.949. The van der Waals surface area contributed by atoms with Crippen LogP contribution in [0.25, 0.3) is 0 Å². The number of carboxylic acids is 1. The molecule has 0 fully saturated rings. The van der Waals surface area contributed by atoms with E-state index in [0.717, 1.165) is 30.7 Å². The van der Waals surface area contributed by atoms with Gasteiger partial charge in [0.15, 0.2) is 5.82 Å². The van der Waals surface area contributed by atoms with Gasteiger partial charge in [-0.3, -0.25) is 9.78 Å². The number of fused-ring (bicyclic) bond motifs is 1. The monoisotopic (exact) mass is 325 g/mol. The smallest absolute Gasteiger partial charge is 0.335 e. The minimum Gasteiger partial charge on any atom is -0.478 e. The average Bonchev–Trinajstić information content (AvgIpc) is 2.55. The number of aryl methyl sites for hydroxylation is 1. The van der Waals surface area contributed by atoms with Crippen LogP contribution in [-0.2, 0) is 11.8 Å². The molecule has 3 rings (SSSR count). The first-order chi connectivity index (χ1) is 11.4. The number of hydrogen-bond donors (Lipinski definition) is 2. The molecule has 24 heavy (non-hydrogen) atoms. The minimum atomic E-state index is -1.02. The van der Waals surface area contributed by atoms with E-state index < -0.39 is 5.97 Å². The summed E-state index contributed by atoms with van der Waals surface area (Å²) in [5, 5.41) is 11.6. The highest BCUT2D eigenvalue weighted by Crippen LogP contribution is 2.34. The molecular formula is C18H19N3O3. The molecule has 0 spiro atoms. The Morgan fingerprint density at radius 2 is 1.83 bits per heavy atom. The summed E-state index contributed by atoms with van der Waals surface area (Å²) in [6, 6.07) is 5.76. The van der Waals surface area contributed by atoms with E-state index in [1.54, 1.807) is 6.20 Å². The summed E-state index contributed by atoms with van der Waals surface area (Å²) in [5.41, 5.74) is 2.40. The molecule has 0 unspecified atom stereocenters. The number of aromatic carboxylic acids is 1. The molecule has 0 bridgehead atoms. The van der Waals surface area contributed by atoms with Crippen LogP contribution in [-0.4, -0.2) is 27.0 Å². The minimum absolute atomic E-state index is 0.0511. The van der Waals surface area contributed by atoms with Gasteiger partial charge in [-0.25, -0.2) is 9.78 Å². The van der Waals surface area contributed by atoms with Crippen molar-refractivity contribution in [2.24, 2.45) is 0 Å². The second-order valence-corrected chi connectivity index (χ2v) is 6.62. The van der Waals surface area contributed by atoms with E-state index in [9.17, 15) is 9.59 Å². The maximum atomic E-state index is 12.3. The van der Waals surface area contributed by atoms with Crippen LogP contribution in [0.2, 0.25) is 0 Å². The van der Waals surface area contributed by atoms with Crippen LogP contribution in [0.5, 0.6) is 0 Å². The van der Waals surface area contributed by atoms with Gasteiger partial charge in [0.1, 0.15) is 0 Å². The Labute approximate surface area is 140 Å². The number of benzene rings is 1. The number of amides is 1. The van der Waals surface area contributed by atoms with E-state index in [4.69, 9.17) is 5.11 Å². The van der Waals surface area contributed by atoms with E-state index in [0.29, 0.717) is 11.4 Å². The van der Waals surface area contributed by atoms with Crippen LogP contribution in [0.3, 0.4) is 0 Å². The molecular weight excluding hydrogens is 306 g/mol. The van der Waals surface area contributed by atoms with E-state index in [1.807, 2.05) is 0 Å². The Bertz CT molecular complexity index is 798. The lowest BCUT2D eigenvalue weighted by molar-refractivity contribution is 0.0696. The molecule has 0 atom stereocenters. The Balaban J connectivity index is 1.81. The topological polar surface area (TPSA) is 92.2 Å². The van der Waals surface area contributed by atoms with Crippen LogP contribution in [0.15, 0.2) is 30.5 Å².